The SMILES string of the molecule is CC(c1ncccc1F)N(Cc1ccc2scnc2c1)C(=O)C(=O)O. The van der Waals surface area contributed by atoms with Gasteiger partial charge < -0.3 is 10.0 Å². The lowest BCUT2D eigenvalue weighted by molar-refractivity contribution is -0.157. The number of carbonyl (C=O) groups is 2. The first-order valence-corrected chi connectivity index (χ1v) is 8.31. The Labute approximate surface area is 146 Å². The van der Waals surface area contributed by atoms with Gasteiger partial charge in [-0.1, -0.05) is 6.07 Å². The van der Waals surface area contributed by atoms with Crippen LogP contribution >= 0.6 is 11.3 Å². The quantitative estimate of drug-likeness (QED) is 0.724. The number of hydrogen-bond acceptors (Lipinski definition) is 5. The summed E-state index contributed by atoms with van der Waals surface area (Å²) in [6.45, 7) is 1.56. The lowest BCUT2D eigenvalue weighted by Crippen LogP contribution is -2.38. The van der Waals surface area contributed by atoms with Crippen LogP contribution in [0.5, 0.6) is 0 Å². The van der Waals surface area contributed by atoms with Crippen LogP contribution in [0.4, 0.5) is 4.39 Å². The Balaban J connectivity index is 1.95. The van der Waals surface area contributed by atoms with E-state index < -0.39 is 23.7 Å². The summed E-state index contributed by atoms with van der Waals surface area (Å²) in [5.74, 6) is -3.30. The average Bonchev–Trinajstić information content (AvgIpc) is 3.06. The number of carboxylic acids is 1. The molecule has 8 heteroatoms. The molecule has 1 N–H and O–H groups in total. The predicted molar refractivity (Wildman–Crippen MR) is 90.4 cm³/mol. The molecule has 3 rings (SSSR count). The van der Waals surface area contributed by atoms with Gasteiger partial charge in [0, 0.05) is 12.7 Å². The second-order valence-electron chi connectivity index (χ2n) is 5.44. The van der Waals surface area contributed by atoms with Crippen LogP contribution in [0.15, 0.2) is 42.0 Å². The highest BCUT2D eigenvalue weighted by atomic mass is 32.1. The molecule has 0 saturated heterocycles. The average molecular weight is 359 g/mol. The van der Waals surface area contributed by atoms with E-state index in [2.05, 4.69) is 9.97 Å². The van der Waals surface area contributed by atoms with Gasteiger partial charge in [-0.2, -0.15) is 0 Å². The van der Waals surface area contributed by atoms with Crippen molar-refractivity contribution < 1.29 is 19.1 Å². The molecule has 1 aromatic carbocycles. The van der Waals surface area contributed by atoms with Crippen molar-refractivity contribution in [1.29, 1.82) is 0 Å². The Morgan fingerprint density at radius 1 is 1.32 bits per heavy atom. The van der Waals surface area contributed by atoms with Gasteiger partial charge in [0.2, 0.25) is 0 Å². The summed E-state index contributed by atoms with van der Waals surface area (Å²) < 4.78 is 15.0. The zero-order valence-electron chi connectivity index (χ0n) is 13.2. The third kappa shape index (κ3) is 3.48. The highest BCUT2D eigenvalue weighted by Crippen LogP contribution is 2.25. The second-order valence-corrected chi connectivity index (χ2v) is 6.33. The number of hydrogen-bond donors (Lipinski definition) is 1. The normalized spacial score (nSPS) is 12.1. The number of nitrogens with zero attached hydrogens (tertiary/aromatic N) is 3. The molecule has 0 aliphatic carbocycles. The Bertz CT molecular complexity index is 944. The molecule has 128 valence electrons. The molecule has 0 aliphatic rings. The fourth-order valence-corrected chi connectivity index (χ4v) is 3.22. The first kappa shape index (κ1) is 17.0. The molecule has 1 amide bonds. The van der Waals surface area contributed by atoms with Crippen molar-refractivity contribution in [3.8, 4) is 0 Å². The first-order valence-electron chi connectivity index (χ1n) is 7.44. The van der Waals surface area contributed by atoms with Crippen LogP contribution in [-0.2, 0) is 16.1 Å². The predicted octanol–water partition coefficient (Wildman–Crippen LogP) is 3.00. The molecule has 3 aromatic rings. The fraction of sp³-hybridized carbons (Fsp3) is 0.176. The van der Waals surface area contributed by atoms with E-state index in [0.29, 0.717) is 5.56 Å². The summed E-state index contributed by atoms with van der Waals surface area (Å²) in [4.78, 5) is 32.6. The van der Waals surface area contributed by atoms with Gasteiger partial charge in [-0.05, 0) is 36.8 Å². The lowest BCUT2D eigenvalue weighted by Gasteiger charge is -2.27. The Kier molecular flexibility index (Phi) is 4.71. The van der Waals surface area contributed by atoms with Gasteiger partial charge in [-0.3, -0.25) is 9.78 Å². The molecule has 0 spiro atoms. The number of carbonyl (C=O) groups excluding carboxylic acids is 1. The van der Waals surface area contributed by atoms with Crippen LogP contribution in [0.25, 0.3) is 10.2 Å². The van der Waals surface area contributed by atoms with Crippen LogP contribution in [0, 0.1) is 5.82 Å². The van der Waals surface area contributed by atoms with E-state index >= 15 is 0 Å². The van der Waals surface area contributed by atoms with Crippen molar-refractivity contribution in [3.05, 3.63) is 59.1 Å². The number of thiazole rings is 1. The Morgan fingerprint density at radius 3 is 2.84 bits per heavy atom. The van der Waals surface area contributed by atoms with Crippen LogP contribution in [-0.4, -0.2) is 31.9 Å². The van der Waals surface area contributed by atoms with Crippen molar-refractivity contribution in [1.82, 2.24) is 14.9 Å². The van der Waals surface area contributed by atoms with E-state index in [1.165, 1.54) is 29.7 Å². The number of benzene rings is 1. The van der Waals surface area contributed by atoms with Crippen LogP contribution in [0.3, 0.4) is 0 Å². The van der Waals surface area contributed by atoms with Gasteiger partial charge in [0.05, 0.1) is 27.5 Å². The monoisotopic (exact) mass is 359 g/mol. The molecule has 0 aliphatic heterocycles. The van der Waals surface area contributed by atoms with E-state index in [0.717, 1.165) is 15.1 Å². The number of carboxylic acid groups (broad SMARTS) is 1. The molecule has 0 bridgehead atoms. The van der Waals surface area contributed by atoms with Gasteiger partial charge in [0.15, 0.2) is 0 Å². The molecular weight excluding hydrogens is 345 g/mol. The summed E-state index contributed by atoms with van der Waals surface area (Å²) in [5, 5.41) is 9.12. The number of fused-ring (bicyclic) bond motifs is 1. The van der Waals surface area contributed by atoms with Gasteiger partial charge in [-0.25, -0.2) is 14.2 Å². The van der Waals surface area contributed by atoms with Gasteiger partial charge in [-0.15, -0.1) is 11.3 Å². The largest absolute Gasteiger partial charge is 0.474 e. The van der Waals surface area contributed by atoms with Gasteiger partial charge in [0.25, 0.3) is 0 Å². The van der Waals surface area contributed by atoms with E-state index in [4.69, 9.17) is 5.11 Å². The minimum Gasteiger partial charge on any atom is -0.474 e. The molecule has 0 radical (unpaired) electrons. The molecule has 2 heterocycles. The summed E-state index contributed by atoms with van der Waals surface area (Å²) in [7, 11) is 0. The van der Waals surface area contributed by atoms with E-state index in [9.17, 15) is 14.0 Å². The summed E-state index contributed by atoms with van der Waals surface area (Å²) in [6, 6.07) is 7.27. The van der Waals surface area contributed by atoms with Crippen molar-refractivity contribution in [2.45, 2.75) is 19.5 Å². The summed E-state index contributed by atoms with van der Waals surface area (Å²) in [5.41, 5.74) is 3.20. The van der Waals surface area contributed by atoms with Crippen molar-refractivity contribution in [2.75, 3.05) is 0 Å². The zero-order chi connectivity index (χ0) is 18.0. The van der Waals surface area contributed by atoms with Gasteiger partial charge >= 0.3 is 11.9 Å². The number of amides is 1. The minimum absolute atomic E-state index is 0.00970. The van der Waals surface area contributed by atoms with E-state index in [1.807, 2.05) is 6.07 Å². The maximum absolute atomic E-state index is 14.0. The van der Waals surface area contributed by atoms with E-state index in [-0.39, 0.29) is 12.2 Å². The highest BCUT2D eigenvalue weighted by Gasteiger charge is 2.29. The Morgan fingerprint density at radius 2 is 2.12 bits per heavy atom. The van der Waals surface area contributed by atoms with Crippen molar-refractivity contribution in [3.63, 3.8) is 0 Å². The number of halogens is 1. The number of rotatable bonds is 4. The maximum atomic E-state index is 14.0. The molecule has 0 fully saturated rings. The minimum atomic E-state index is -1.60. The van der Waals surface area contributed by atoms with Crippen molar-refractivity contribution in [2.24, 2.45) is 0 Å². The molecule has 1 atom stereocenters. The fourth-order valence-electron chi connectivity index (χ4n) is 2.56. The molecule has 1 unspecified atom stereocenters. The smallest absolute Gasteiger partial charge is 0.394 e. The maximum Gasteiger partial charge on any atom is 0.394 e. The highest BCUT2D eigenvalue weighted by molar-refractivity contribution is 7.16. The zero-order valence-corrected chi connectivity index (χ0v) is 14.0. The molecule has 25 heavy (non-hydrogen) atoms. The summed E-state index contributed by atoms with van der Waals surface area (Å²) >= 11 is 1.49. The molecule has 6 nitrogen and oxygen atoms in total. The number of pyridine rings is 1. The second kappa shape index (κ2) is 6.94. The van der Waals surface area contributed by atoms with E-state index in [1.54, 1.807) is 24.6 Å². The lowest BCUT2D eigenvalue weighted by atomic mass is 10.1. The topological polar surface area (TPSA) is 83.4 Å². The Hall–Kier alpha value is -2.87. The summed E-state index contributed by atoms with van der Waals surface area (Å²) in [6.07, 6.45) is 1.40. The number of aromatic nitrogens is 2. The molecule has 0 saturated carbocycles. The first-order chi connectivity index (χ1) is 12.0. The van der Waals surface area contributed by atoms with Crippen LogP contribution in [0.1, 0.15) is 24.2 Å². The van der Waals surface area contributed by atoms with Crippen LogP contribution < -0.4 is 0 Å². The molecular formula is C17H14FN3O3S. The number of aliphatic carboxylic acids is 1. The standard InChI is InChI=1S/C17H14FN3O3S/c1-10(15-12(18)3-2-6-19-15)21(16(22)17(23)24)8-11-4-5-14-13(7-11)20-9-25-14/h2-7,9-10H,8H2,1H3,(H,23,24). The van der Waals surface area contributed by atoms with Crippen LogP contribution in [0.2, 0.25) is 0 Å². The van der Waals surface area contributed by atoms with Crippen molar-refractivity contribution >= 4 is 33.4 Å². The third-order valence-corrected chi connectivity index (χ3v) is 4.65. The third-order valence-electron chi connectivity index (χ3n) is 3.84. The molecule has 2 aromatic heterocycles. The van der Waals surface area contributed by atoms with Gasteiger partial charge in [0.1, 0.15) is 5.82 Å².